The summed E-state index contributed by atoms with van der Waals surface area (Å²) in [5.74, 6) is -2.79. The Kier molecular flexibility index (Phi) is 3.85. The Morgan fingerprint density at radius 3 is 2.77 bits per heavy atom. The first kappa shape index (κ1) is 17.1. The Morgan fingerprint density at radius 2 is 2.15 bits per heavy atom. The molecule has 0 bridgehead atoms. The predicted molar refractivity (Wildman–Crippen MR) is 90.7 cm³/mol. The third kappa shape index (κ3) is 2.60. The molecule has 7 heteroatoms. The van der Waals surface area contributed by atoms with Crippen molar-refractivity contribution in [2.75, 3.05) is 6.61 Å². The van der Waals surface area contributed by atoms with Gasteiger partial charge >= 0.3 is 0 Å². The van der Waals surface area contributed by atoms with Crippen molar-refractivity contribution in [3.63, 3.8) is 0 Å². The van der Waals surface area contributed by atoms with Gasteiger partial charge in [-0.25, -0.2) is 8.78 Å². The van der Waals surface area contributed by atoms with E-state index in [2.05, 4.69) is 11.2 Å². The summed E-state index contributed by atoms with van der Waals surface area (Å²) >= 11 is 0. The van der Waals surface area contributed by atoms with Gasteiger partial charge in [0.2, 0.25) is 0 Å². The molecule has 136 valence electrons. The molecule has 0 aromatic carbocycles. The number of nitrogens with zero attached hydrogens (tertiary/aromatic N) is 4. The minimum atomic E-state index is -2.79. The molecule has 5 nitrogen and oxygen atoms in total. The lowest BCUT2D eigenvalue weighted by Crippen LogP contribution is -2.31. The molecule has 1 saturated heterocycles. The third-order valence-electron chi connectivity index (χ3n) is 5.46. The van der Waals surface area contributed by atoms with Gasteiger partial charge in [-0.2, -0.15) is 10.4 Å². The van der Waals surface area contributed by atoms with Crippen molar-refractivity contribution in [2.45, 2.75) is 50.6 Å². The van der Waals surface area contributed by atoms with Crippen LogP contribution in [0.25, 0.3) is 11.3 Å². The number of alkyl halides is 2. The fourth-order valence-corrected chi connectivity index (χ4v) is 4.08. The van der Waals surface area contributed by atoms with Crippen LogP contribution >= 0.6 is 0 Å². The fourth-order valence-electron chi connectivity index (χ4n) is 4.08. The number of nitriles is 1. The van der Waals surface area contributed by atoms with Crippen molar-refractivity contribution in [3.05, 3.63) is 34.8 Å². The SMILES string of the molecule is Cn1nccc1-c1c(C#N)c(C2(C)CCCO2)nc2c1CC(F)(F)CC2. The van der Waals surface area contributed by atoms with Crippen molar-refractivity contribution in [1.82, 2.24) is 14.8 Å². The van der Waals surface area contributed by atoms with E-state index in [0.717, 1.165) is 12.8 Å². The van der Waals surface area contributed by atoms with Gasteiger partial charge in [0.05, 0.1) is 17.0 Å². The van der Waals surface area contributed by atoms with Crippen LogP contribution in [0.2, 0.25) is 0 Å². The number of rotatable bonds is 2. The largest absolute Gasteiger partial charge is 0.369 e. The second kappa shape index (κ2) is 5.85. The zero-order valence-electron chi connectivity index (χ0n) is 14.9. The van der Waals surface area contributed by atoms with Crippen LogP contribution in [0.5, 0.6) is 0 Å². The van der Waals surface area contributed by atoms with Gasteiger partial charge in [0, 0.05) is 44.0 Å². The van der Waals surface area contributed by atoms with Gasteiger partial charge in [0.1, 0.15) is 11.7 Å². The third-order valence-corrected chi connectivity index (χ3v) is 5.46. The highest BCUT2D eigenvalue weighted by atomic mass is 19.3. The summed E-state index contributed by atoms with van der Waals surface area (Å²) in [7, 11) is 1.75. The maximum Gasteiger partial charge on any atom is 0.252 e. The van der Waals surface area contributed by atoms with Crippen molar-refractivity contribution < 1.29 is 13.5 Å². The van der Waals surface area contributed by atoms with Crippen molar-refractivity contribution in [2.24, 2.45) is 7.05 Å². The normalized spacial score (nSPS) is 24.3. The molecule has 0 spiro atoms. The number of hydrogen-bond donors (Lipinski definition) is 0. The molecule has 2 aliphatic rings. The van der Waals surface area contributed by atoms with E-state index >= 15 is 0 Å². The molecule has 3 heterocycles. The molecule has 4 rings (SSSR count). The highest BCUT2D eigenvalue weighted by Crippen LogP contribution is 2.44. The Morgan fingerprint density at radius 1 is 1.35 bits per heavy atom. The molecular formula is C19H20F2N4O. The predicted octanol–water partition coefficient (Wildman–Crippen LogP) is 3.50. The van der Waals surface area contributed by atoms with E-state index in [1.54, 1.807) is 24.0 Å². The number of ether oxygens (including phenoxy) is 1. The standard InChI is InChI=1S/C19H20F2N4O/c1-18(6-3-9-26-18)17-13(11-22)16(15-5-8-23-25(15)2)12-10-19(20,21)7-4-14(12)24-17/h5,8H,3-4,6-7,9-10H2,1-2H3. The number of fused-ring (bicyclic) bond motifs is 1. The number of halogens is 2. The maximum atomic E-state index is 14.2. The smallest absolute Gasteiger partial charge is 0.252 e. The molecule has 2 aromatic rings. The minimum absolute atomic E-state index is 0.196. The Balaban J connectivity index is 2.03. The number of pyridine rings is 1. The number of aryl methyl sites for hydroxylation is 2. The number of hydrogen-bond acceptors (Lipinski definition) is 4. The minimum Gasteiger partial charge on any atom is -0.369 e. The van der Waals surface area contributed by atoms with Gasteiger partial charge < -0.3 is 4.74 Å². The average molecular weight is 358 g/mol. The first-order valence-electron chi connectivity index (χ1n) is 8.81. The van der Waals surface area contributed by atoms with E-state index in [4.69, 9.17) is 9.72 Å². The van der Waals surface area contributed by atoms with Crippen LogP contribution in [0.1, 0.15) is 48.7 Å². The van der Waals surface area contributed by atoms with Gasteiger partial charge in [-0.15, -0.1) is 0 Å². The molecule has 0 N–H and O–H groups in total. The van der Waals surface area contributed by atoms with Gasteiger partial charge in [-0.1, -0.05) is 0 Å². The van der Waals surface area contributed by atoms with Crippen molar-refractivity contribution in [1.29, 1.82) is 5.26 Å². The van der Waals surface area contributed by atoms with Crippen molar-refractivity contribution >= 4 is 0 Å². The van der Waals surface area contributed by atoms with Gasteiger partial charge in [-0.05, 0) is 37.8 Å². The quantitative estimate of drug-likeness (QED) is 0.824. The fraction of sp³-hybridized carbons (Fsp3) is 0.526. The van der Waals surface area contributed by atoms with Crippen LogP contribution < -0.4 is 0 Å². The zero-order chi connectivity index (χ0) is 18.5. The summed E-state index contributed by atoms with van der Waals surface area (Å²) in [4.78, 5) is 4.69. The molecule has 0 saturated carbocycles. The van der Waals surface area contributed by atoms with Crippen LogP contribution in [0.4, 0.5) is 8.78 Å². The van der Waals surface area contributed by atoms with Gasteiger partial charge in [-0.3, -0.25) is 9.67 Å². The average Bonchev–Trinajstić information content (AvgIpc) is 3.21. The first-order chi connectivity index (χ1) is 12.3. The number of aromatic nitrogens is 3. The molecule has 1 unspecified atom stereocenters. The van der Waals surface area contributed by atoms with Crippen LogP contribution in [0, 0.1) is 11.3 Å². The van der Waals surface area contributed by atoms with Crippen LogP contribution in [0.3, 0.4) is 0 Å². The van der Waals surface area contributed by atoms with E-state index in [-0.39, 0.29) is 12.8 Å². The summed E-state index contributed by atoms with van der Waals surface area (Å²) in [5.41, 5.74) is 2.54. The summed E-state index contributed by atoms with van der Waals surface area (Å²) in [6.07, 6.45) is 2.83. The summed E-state index contributed by atoms with van der Waals surface area (Å²) in [6.45, 7) is 2.54. The second-order valence-corrected chi connectivity index (χ2v) is 7.30. The van der Waals surface area contributed by atoms with E-state index in [0.29, 0.717) is 40.4 Å². The Hall–Kier alpha value is -2.33. The lowest BCUT2D eigenvalue weighted by Gasteiger charge is -2.31. The molecular weight excluding hydrogens is 338 g/mol. The highest BCUT2D eigenvalue weighted by molar-refractivity contribution is 5.74. The van der Waals surface area contributed by atoms with E-state index < -0.39 is 17.9 Å². The Bertz CT molecular complexity index is 907. The van der Waals surface area contributed by atoms with E-state index in [1.807, 2.05) is 6.92 Å². The Labute approximate surface area is 150 Å². The molecule has 0 amide bonds. The molecule has 0 radical (unpaired) electrons. The van der Waals surface area contributed by atoms with Gasteiger partial charge in [0.15, 0.2) is 0 Å². The second-order valence-electron chi connectivity index (χ2n) is 7.30. The van der Waals surface area contributed by atoms with Gasteiger partial charge in [0.25, 0.3) is 5.92 Å². The molecule has 1 aliphatic heterocycles. The monoisotopic (exact) mass is 358 g/mol. The molecule has 26 heavy (non-hydrogen) atoms. The summed E-state index contributed by atoms with van der Waals surface area (Å²) in [6, 6.07) is 3.99. The molecule has 1 fully saturated rings. The van der Waals surface area contributed by atoms with E-state index in [1.165, 1.54) is 0 Å². The lowest BCUT2D eigenvalue weighted by molar-refractivity contribution is -0.0132. The topological polar surface area (TPSA) is 63.7 Å². The maximum absolute atomic E-state index is 14.2. The molecule has 2 aromatic heterocycles. The van der Waals surface area contributed by atoms with E-state index in [9.17, 15) is 14.0 Å². The van der Waals surface area contributed by atoms with Crippen LogP contribution in [0.15, 0.2) is 12.3 Å². The first-order valence-corrected chi connectivity index (χ1v) is 8.81. The zero-order valence-corrected chi connectivity index (χ0v) is 14.9. The highest BCUT2D eigenvalue weighted by Gasteiger charge is 2.42. The van der Waals surface area contributed by atoms with Crippen LogP contribution in [-0.2, 0) is 30.2 Å². The lowest BCUT2D eigenvalue weighted by atomic mass is 9.83. The van der Waals surface area contributed by atoms with Crippen LogP contribution in [-0.4, -0.2) is 27.3 Å². The molecule has 1 aliphatic carbocycles. The summed E-state index contributed by atoms with van der Waals surface area (Å²) < 4.78 is 35.9. The van der Waals surface area contributed by atoms with Crippen molar-refractivity contribution in [3.8, 4) is 17.3 Å². The molecule has 1 atom stereocenters. The summed E-state index contributed by atoms with van der Waals surface area (Å²) in [5, 5.41) is 14.1.